The molecule has 80 valence electrons. The summed E-state index contributed by atoms with van der Waals surface area (Å²) in [5.74, 6) is 0. The van der Waals surface area contributed by atoms with Crippen LogP contribution in [0, 0.1) is 0 Å². The summed E-state index contributed by atoms with van der Waals surface area (Å²) in [6.45, 7) is 0.675. The van der Waals surface area contributed by atoms with Gasteiger partial charge in [0.05, 0.1) is 0 Å². The van der Waals surface area contributed by atoms with Crippen molar-refractivity contribution in [3.05, 3.63) is 29.8 Å². The molecular formula is C11H16BNO2. The Morgan fingerprint density at radius 2 is 1.80 bits per heavy atom. The minimum absolute atomic E-state index is 0.152. The first kappa shape index (κ1) is 10.7. The topological polar surface area (TPSA) is 66.5 Å². The lowest BCUT2D eigenvalue weighted by molar-refractivity contribution is 0.253. The molecule has 0 atom stereocenters. The Balaban J connectivity index is 2.23. The fourth-order valence-electron chi connectivity index (χ4n) is 2.22. The van der Waals surface area contributed by atoms with Crippen molar-refractivity contribution in [2.24, 2.45) is 5.73 Å². The van der Waals surface area contributed by atoms with Gasteiger partial charge in [0.25, 0.3) is 0 Å². The highest BCUT2D eigenvalue weighted by atomic mass is 16.4. The maximum Gasteiger partial charge on any atom is 0.488 e. The van der Waals surface area contributed by atoms with Crippen molar-refractivity contribution < 1.29 is 10.0 Å². The van der Waals surface area contributed by atoms with Gasteiger partial charge >= 0.3 is 7.12 Å². The Bertz CT molecular complexity index is 327. The lowest BCUT2D eigenvalue weighted by Gasteiger charge is -2.41. The Hall–Kier alpha value is -0.835. The van der Waals surface area contributed by atoms with E-state index in [2.05, 4.69) is 0 Å². The van der Waals surface area contributed by atoms with Crippen LogP contribution in [0.15, 0.2) is 24.3 Å². The van der Waals surface area contributed by atoms with Crippen LogP contribution in [0.1, 0.15) is 24.8 Å². The molecule has 0 amide bonds. The highest BCUT2D eigenvalue weighted by Crippen LogP contribution is 2.42. The summed E-state index contributed by atoms with van der Waals surface area (Å²) in [6, 6.07) is 7.44. The van der Waals surface area contributed by atoms with E-state index in [9.17, 15) is 0 Å². The third-order valence-corrected chi connectivity index (χ3v) is 3.52. The van der Waals surface area contributed by atoms with E-state index < -0.39 is 7.12 Å². The summed E-state index contributed by atoms with van der Waals surface area (Å²) in [5, 5.41) is 18.0. The number of hydrogen-bond donors (Lipinski definition) is 3. The number of nitrogens with two attached hydrogens (primary N) is 1. The summed E-state index contributed by atoms with van der Waals surface area (Å²) in [4.78, 5) is 0. The molecule has 0 aliphatic heterocycles. The van der Waals surface area contributed by atoms with Gasteiger partial charge in [-0.2, -0.15) is 0 Å². The summed E-state index contributed by atoms with van der Waals surface area (Å²) >= 11 is 0. The summed E-state index contributed by atoms with van der Waals surface area (Å²) in [6.07, 6.45) is 3.52. The Kier molecular flexibility index (Phi) is 2.82. The van der Waals surface area contributed by atoms with Gasteiger partial charge in [-0.25, -0.2) is 0 Å². The van der Waals surface area contributed by atoms with Gasteiger partial charge in [-0.3, -0.25) is 0 Å². The summed E-state index contributed by atoms with van der Waals surface area (Å²) in [7, 11) is -1.38. The zero-order chi connectivity index (χ0) is 10.9. The van der Waals surface area contributed by atoms with Crippen LogP contribution >= 0.6 is 0 Å². The lowest BCUT2D eigenvalue weighted by atomic mass is 9.64. The van der Waals surface area contributed by atoms with Gasteiger partial charge in [0, 0.05) is 12.0 Å². The Morgan fingerprint density at radius 3 is 2.13 bits per heavy atom. The van der Waals surface area contributed by atoms with Crippen LogP contribution in [-0.4, -0.2) is 23.7 Å². The number of hydrogen-bond acceptors (Lipinski definition) is 3. The third-order valence-electron chi connectivity index (χ3n) is 3.52. The van der Waals surface area contributed by atoms with Crippen LogP contribution in [0.4, 0.5) is 0 Å². The molecule has 0 radical (unpaired) electrons. The molecule has 0 bridgehead atoms. The molecule has 0 unspecified atom stereocenters. The standard InChI is InChI=1S/C11H16BNO2/c13-8-11(6-1-7-11)9-2-4-10(5-3-9)12(14)15/h2-5,14-15H,1,6-8,13H2. The first-order valence-electron chi connectivity index (χ1n) is 5.35. The van der Waals surface area contributed by atoms with E-state index in [-0.39, 0.29) is 5.41 Å². The molecule has 1 aliphatic rings. The summed E-state index contributed by atoms with van der Waals surface area (Å²) < 4.78 is 0. The van der Waals surface area contributed by atoms with Crippen molar-refractivity contribution in [3.63, 3.8) is 0 Å². The van der Waals surface area contributed by atoms with Crippen LogP contribution in [-0.2, 0) is 5.41 Å². The average molecular weight is 205 g/mol. The van der Waals surface area contributed by atoms with Crippen LogP contribution in [0.5, 0.6) is 0 Å². The molecule has 1 fully saturated rings. The van der Waals surface area contributed by atoms with Crippen molar-refractivity contribution >= 4 is 12.6 Å². The second kappa shape index (κ2) is 3.97. The smallest absolute Gasteiger partial charge is 0.423 e. The van der Waals surface area contributed by atoms with Crippen molar-refractivity contribution in [3.8, 4) is 0 Å². The van der Waals surface area contributed by atoms with Gasteiger partial charge in [-0.1, -0.05) is 30.7 Å². The molecule has 0 saturated heterocycles. The summed E-state index contributed by atoms with van der Waals surface area (Å²) in [5.41, 5.74) is 7.71. The molecule has 15 heavy (non-hydrogen) atoms. The van der Waals surface area contributed by atoms with Crippen LogP contribution in [0.25, 0.3) is 0 Å². The van der Waals surface area contributed by atoms with E-state index >= 15 is 0 Å². The second-order valence-corrected chi connectivity index (χ2v) is 4.33. The lowest BCUT2D eigenvalue weighted by Crippen LogP contribution is -2.42. The van der Waals surface area contributed by atoms with Gasteiger partial charge in [0.2, 0.25) is 0 Å². The van der Waals surface area contributed by atoms with E-state index in [0.29, 0.717) is 12.0 Å². The minimum Gasteiger partial charge on any atom is -0.423 e. The average Bonchev–Trinajstić information content (AvgIpc) is 2.18. The normalized spacial score (nSPS) is 18.3. The zero-order valence-electron chi connectivity index (χ0n) is 8.69. The second-order valence-electron chi connectivity index (χ2n) is 4.33. The monoisotopic (exact) mass is 205 g/mol. The van der Waals surface area contributed by atoms with Gasteiger partial charge < -0.3 is 15.8 Å². The minimum atomic E-state index is -1.38. The van der Waals surface area contributed by atoms with E-state index in [1.807, 2.05) is 12.1 Å². The largest absolute Gasteiger partial charge is 0.488 e. The molecular weight excluding hydrogens is 189 g/mol. The molecule has 4 heteroatoms. The van der Waals surface area contributed by atoms with E-state index in [1.165, 1.54) is 12.0 Å². The van der Waals surface area contributed by atoms with Crippen LogP contribution < -0.4 is 11.2 Å². The predicted molar refractivity (Wildman–Crippen MR) is 60.9 cm³/mol. The van der Waals surface area contributed by atoms with Crippen molar-refractivity contribution in [2.45, 2.75) is 24.7 Å². The number of rotatable bonds is 3. The van der Waals surface area contributed by atoms with Crippen molar-refractivity contribution in [1.29, 1.82) is 0 Å². The van der Waals surface area contributed by atoms with Crippen molar-refractivity contribution in [1.82, 2.24) is 0 Å². The first-order chi connectivity index (χ1) is 7.18. The molecule has 2 rings (SSSR count). The quantitative estimate of drug-likeness (QED) is 0.596. The highest BCUT2D eigenvalue weighted by Gasteiger charge is 2.37. The molecule has 1 aromatic rings. The molecule has 0 heterocycles. The molecule has 1 aromatic carbocycles. The fraction of sp³-hybridized carbons (Fsp3) is 0.455. The number of benzene rings is 1. The predicted octanol–water partition coefficient (Wildman–Crippen LogP) is -0.253. The highest BCUT2D eigenvalue weighted by molar-refractivity contribution is 6.58. The third kappa shape index (κ3) is 1.80. The first-order valence-corrected chi connectivity index (χ1v) is 5.35. The molecule has 1 aliphatic carbocycles. The van der Waals surface area contributed by atoms with Gasteiger partial charge in [-0.05, 0) is 23.9 Å². The molecule has 1 saturated carbocycles. The van der Waals surface area contributed by atoms with Gasteiger partial charge in [0.1, 0.15) is 0 Å². The van der Waals surface area contributed by atoms with Crippen LogP contribution in [0.3, 0.4) is 0 Å². The van der Waals surface area contributed by atoms with Gasteiger partial charge in [-0.15, -0.1) is 0 Å². The molecule has 3 nitrogen and oxygen atoms in total. The zero-order valence-corrected chi connectivity index (χ0v) is 8.69. The fourth-order valence-corrected chi connectivity index (χ4v) is 2.22. The van der Waals surface area contributed by atoms with Gasteiger partial charge in [0.15, 0.2) is 0 Å². The van der Waals surface area contributed by atoms with E-state index in [4.69, 9.17) is 15.8 Å². The Morgan fingerprint density at radius 1 is 1.20 bits per heavy atom. The Labute approximate surface area is 90.1 Å². The van der Waals surface area contributed by atoms with Crippen molar-refractivity contribution in [2.75, 3.05) is 6.54 Å². The molecule has 0 aromatic heterocycles. The molecule has 0 spiro atoms. The maximum absolute atomic E-state index is 8.98. The SMILES string of the molecule is NCC1(c2ccc(B(O)O)cc2)CCC1. The van der Waals surface area contributed by atoms with E-state index in [0.717, 1.165) is 12.8 Å². The van der Waals surface area contributed by atoms with Crippen LogP contribution in [0.2, 0.25) is 0 Å². The van der Waals surface area contributed by atoms with E-state index in [1.54, 1.807) is 12.1 Å². The molecule has 4 N–H and O–H groups in total. The maximum atomic E-state index is 8.98.